The molecule has 1 aromatic rings. The summed E-state index contributed by atoms with van der Waals surface area (Å²) >= 11 is 0. The molecule has 1 fully saturated rings. The van der Waals surface area contributed by atoms with Crippen molar-refractivity contribution in [3.8, 4) is 5.75 Å². The summed E-state index contributed by atoms with van der Waals surface area (Å²) in [6.07, 6.45) is -0.0409. The third kappa shape index (κ3) is 1.78. The van der Waals surface area contributed by atoms with Crippen molar-refractivity contribution >= 4 is 12.3 Å². The topological polar surface area (TPSA) is 55.8 Å². The molecule has 1 heterocycles. The van der Waals surface area contributed by atoms with Crippen molar-refractivity contribution in [2.75, 3.05) is 14.2 Å². The second kappa shape index (κ2) is 4.55. The molecule has 5 nitrogen and oxygen atoms in total. The third-order valence-electron chi connectivity index (χ3n) is 2.91. The maximum atomic E-state index is 11.5. The van der Waals surface area contributed by atoms with E-state index in [1.807, 2.05) is 12.1 Å². The van der Waals surface area contributed by atoms with Crippen molar-refractivity contribution in [3.63, 3.8) is 0 Å². The minimum atomic E-state index is -0.575. The number of carbonyl (C=O) groups is 2. The first kappa shape index (κ1) is 11.6. The summed E-state index contributed by atoms with van der Waals surface area (Å²) < 4.78 is 10.1. The van der Waals surface area contributed by atoms with Crippen LogP contribution in [0.5, 0.6) is 5.75 Å². The summed E-state index contributed by atoms with van der Waals surface area (Å²) in [6.45, 7) is 0. The number of nitrogens with zero attached hydrogens (tertiary/aromatic N) is 1. The lowest BCUT2D eigenvalue weighted by molar-refractivity contribution is -0.172. The fourth-order valence-corrected chi connectivity index (χ4v) is 1.97. The van der Waals surface area contributed by atoms with E-state index in [9.17, 15) is 9.59 Å². The minimum Gasteiger partial charge on any atom is -0.497 e. The highest BCUT2D eigenvalue weighted by molar-refractivity contribution is 5.97. The van der Waals surface area contributed by atoms with Crippen LogP contribution >= 0.6 is 0 Å². The van der Waals surface area contributed by atoms with Crippen LogP contribution in [-0.4, -0.2) is 37.5 Å². The molecule has 90 valence electrons. The number of benzene rings is 1. The first-order valence-corrected chi connectivity index (χ1v) is 5.17. The van der Waals surface area contributed by atoms with Crippen LogP contribution in [0.4, 0.5) is 0 Å². The molecule has 2 rings (SSSR count). The van der Waals surface area contributed by atoms with E-state index < -0.39 is 6.10 Å². The maximum Gasteiger partial charge on any atom is 0.261 e. The second-order valence-corrected chi connectivity index (χ2v) is 3.73. The maximum absolute atomic E-state index is 11.5. The van der Waals surface area contributed by atoms with Gasteiger partial charge in [-0.15, -0.1) is 0 Å². The molecule has 0 N–H and O–H groups in total. The van der Waals surface area contributed by atoms with Gasteiger partial charge in [-0.05, 0) is 17.7 Å². The van der Waals surface area contributed by atoms with Crippen LogP contribution in [0.3, 0.4) is 0 Å². The molecule has 1 aliphatic heterocycles. The van der Waals surface area contributed by atoms with Gasteiger partial charge in [0.15, 0.2) is 6.10 Å². The van der Waals surface area contributed by atoms with E-state index >= 15 is 0 Å². The number of rotatable bonds is 4. The predicted octanol–water partition coefficient (Wildman–Crippen LogP) is 0.750. The van der Waals surface area contributed by atoms with E-state index in [2.05, 4.69) is 0 Å². The molecule has 2 atom stereocenters. The zero-order chi connectivity index (χ0) is 12.4. The number of methoxy groups -OCH3 is 2. The molecule has 1 aliphatic rings. The largest absolute Gasteiger partial charge is 0.497 e. The summed E-state index contributed by atoms with van der Waals surface area (Å²) in [5, 5.41) is 0. The number of carbonyl (C=O) groups excluding carboxylic acids is 2. The molecule has 2 unspecified atom stereocenters. The van der Waals surface area contributed by atoms with Crippen molar-refractivity contribution < 1.29 is 19.1 Å². The Morgan fingerprint density at radius 3 is 2.35 bits per heavy atom. The smallest absolute Gasteiger partial charge is 0.261 e. The van der Waals surface area contributed by atoms with Gasteiger partial charge in [-0.1, -0.05) is 12.1 Å². The Balaban J connectivity index is 2.25. The minimum absolute atomic E-state index is 0.302. The van der Waals surface area contributed by atoms with Gasteiger partial charge in [0.1, 0.15) is 5.75 Å². The normalized spacial score (nSPS) is 23.2. The lowest BCUT2D eigenvalue weighted by atomic mass is 9.91. The summed E-state index contributed by atoms with van der Waals surface area (Å²) in [4.78, 5) is 23.4. The van der Waals surface area contributed by atoms with E-state index in [1.54, 1.807) is 19.2 Å². The first-order chi connectivity index (χ1) is 8.22. The average Bonchev–Trinajstić information content (AvgIpc) is 2.37. The highest BCUT2D eigenvalue weighted by Gasteiger charge is 2.48. The Morgan fingerprint density at radius 1 is 1.24 bits per heavy atom. The standard InChI is InChI=1S/C12H13NO4/c1-16-9-5-3-8(4-6-9)10-11(17-2)12(15)13(10)7-14/h3-7,10-11H,1-2H3. The molecule has 1 aromatic carbocycles. The lowest BCUT2D eigenvalue weighted by Crippen LogP contribution is -2.58. The summed E-state index contributed by atoms with van der Waals surface area (Å²) in [7, 11) is 3.04. The highest BCUT2D eigenvalue weighted by atomic mass is 16.5. The van der Waals surface area contributed by atoms with Gasteiger partial charge in [-0.2, -0.15) is 0 Å². The number of ether oxygens (including phenoxy) is 2. The first-order valence-electron chi connectivity index (χ1n) is 5.17. The number of hydrogen-bond donors (Lipinski definition) is 0. The predicted molar refractivity (Wildman–Crippen MR) is 59.4 cm³/mol. The van der Waals surface area contributed by atoms with Crippen molar-refractivity contribution in [1.82, 2.24) is 4.90 Å². The lowest BCUT2D eigenvalue weighted by Gasteiger charge is -2.42. The van der Waals surface area contributed by atoms with Crippen LogP contribution in [0.1, 0.15) is 11.6 Å². The van der Waals surface area contributed by atoms with E-state index in [0.29, 0.717) is 6.41 Å². The molecule has 0 radical (unpaired) electrons. The van der Waals surface area contributed by atoms with Gasteiger partial charge in [0.05, 0.1) is 13.2 Å². The number of likely N-dealkylation sites (tertiary alicyclic amines) is 1. The molecule has 0 aromatic heterocycles. The third-order valence-corrected chi connectivity index (χ3v) is 2.91. The van der Waals surface area contributed by atoms with Crippen LogP contribution in [0, 0.1) is 0 Å². The van der Waals surface area contributed by atoms with Gasteiger partial charge in [0, 0.05) is 7.11 Å². The van der Waals surface area contributed by atoms with Crippen molar-refractivity contribution in [3.05, 3.63) is 29.8 Å². The molecule has 1 saturated heterocycles. The Hall–Kier alpha value is -1.88. The van der Waals surface area contributed by atoms with Crippen molar-refractivity contribution in [2.24, 2.45) is 0 Å². The fraction of sp³-hybridized carbons (Fsp3) is 0.333. The Kier molecular flexibility index (Phi) is 3.10. The molecule has 2 amide bonds. The SMILES string of the molecule is COc1ccc(C2C(OC)C(=O)N2C=O)cc1. The number of β-lactam (4-membered cyclic amide) rings is 1. The van der Waals surface area contributed by atoms with Gasteiger partial charge >= 0.3 is 0 Å². The van der Waals surface area contributed by atoms with Crippen molar-refractivity contribution in [2.45, 2.75) is 12.1 Å². The van der Waals surface area contributed by atoms with Crippen LogP contribution in [0.15, 0.2) is 24.3 Å². The van der Waals surface area contributed by atoms with Gasteiger partial charge in [-0.25, -0.2) is 0 Å². The number of imide groups is 1. The van der Waals surface area contributed by atoms with Crippen molar-refractivity contribution in [1.29, 1.82) is 0 Å². The number of amides is 2. The van der Waals surface area contributed by atoms with Gasteiger partial charge in [0.25, 0.3) is 5.91 Å². The zero-order valence-electron chi connectivity index (χ0n) is 9.62. The molecular formula is C12H13NO4. The van der Waals surface area contributed by atoms with E-state index in [1.165, 1.54) is 7.11 Å². The Morgan fingerprint density at radius 2 is 1.88 bits per heavy atom. The molecular weight excluding hydrogens is 222 g/mol. The quantitative estimate of drug-likeness (QED) is 0.571. The zero-order valence-corrected chi connectivity index (χ0v) is 9.62. The Bertz CT molecular complexity index is 429. The summed E-state index contributed by atoms with van der Waals surface area (Å²) in [5.74, 6) is 0.425. The monoisotopic (exact) mass is 235 g/mol. The molecule has 17 heavy (non-hydrogen) atoms. The summed E-state index contributed by atoms with van der Waals surface area (Å²) in [5.41, 5.74) is 0.851. The molecule has 0 aliphatic carbocycles. The van der Waals surface area contributed by atoms with E-state index in [0.717, 1.165) is 16.2 Å². The van der Waals surface area contributed by atoms with E-state index in [4.69, 9.17) is 9.47 Å². The highest BCUT2D eigenvalue weighted by Crippen LogP contribution is 2.35. The fourth-order valence-electron chi connectivity index (χ4n) is 1.97. The van der Waals surface area contributed by atoms with Crippen LogP contribution in [0.2, 0.25) is 0 Å². The Labute approximate surface area is 98.9 Å². The molecule has 0 saturated carbocycles. The van der Waals surface area contributed by atoms with Crippen LogP contribution in [0.25, 0.3) is 0 Å². The van der Waals surface area contributed by atoms with Crippen LogP contribution < -0.4 is 4.74 Å². The van der Waals surface area contributed by atoms with E-state index in [-0.39, 0.29) is 11.9 Å². The average molecular weight is 235 g/mol. The van der Waals surface area contributed by atoms with Gasteiger partial charge in [-0.3, -0.25) is 14.5 Å². The summed E-state index contributed by atoms with van der Waals surface area (Å²) in [6, 6.07) is 6.87. The van der Waals surface area contributed by atoms with Gasteiger partial charge in [0.2, 0.25) is 6.41 Å². The van der Waals surface area contributed by atoms with Gasteiger partial charge < -0.3 is 9.47 Å². The molecule has 5 heteroatoms. The second-order valence-electron chi connectivity index (χ2n) is 3.73. The molecule has 0 spiro atoms. The van der Waals surface area contributed by atoms with Crippen LogP contribution in [-0.2, 0) is 14.3 Å². The number of hydrogen-bond acceptors (Lipinski definition) is 4. The molecule has 0 bridgehead atoms.